The van der Waals surface area contributed by atoms with Crippen LogP contribution in [0.25, 0.3) is 38.1 Å². The van der Waals surface area contributed by atoms with Crippen molar-refractivity contribution in [2.75, 3.05) is 0 Å². The molecule has 2 heterocycles. The van der Waals surface area contributed by atoms with E-state index in [0.29, 0.717) is 0 Å². The van der Waals surface area contributed by atoms with Crippen LogP contribution in [0.5, 0.6) is 0 Å². The topological polar surface area (TPSA) is 4.41 Å². The lowest BCUT2D eigenvalue weighted by molar-refractivity contribution is 1.35. The van der Waals surface area contributed by atoms with Crippen LogP contribution in [0.15, 0.2) is 78.9 Å². The first-order chi connectivity index (χ1) is 10.4. The second kappa shape index (κ2) is 3.86. The van der Waals surface area contributed by atoms with E-state index in [1.807, 2.05) is 0 Å². The van der Waals surface area contributed by atoms with E-state index in [4.69, 9.17) is 0 Å². The van der Waals surface area contributed by atoms with Crippen molar-refractivity contribution in [1.29, 1.82) is 0 Å². The molecule has 0 atom stereocenters. The van der Waals surface area contributed by atoms with E-state index < -0.39 is 0 Å². The highest BCUT2D eigenvalue weighted by Crippen LogP contribution is 2.33. The van der Waals surface area contributed by atoms with Gasteiger partial charge in [-0.05, 0) is 23.6 Å². The fourth-order valence-electron chi connectivity index (χ4n) is 3.45. The first-order valence-corrected chi connectivity index (χ1v) is 7.23. The number of aromatic nitrogens is 1. The van der Waals surface area contributed by atoms with E-state index in [0.717, 1.165) is 0 Å². The molecule has 1 heteroatoms. The second-order valence-electron chi connectivity index (χ2n) is 5.49. The molecule has 0 saturated heterocycles. The van der Waals surface area contributed by atoms with Crippen molar-refractivity contribution in [3.63, 3.8) is 0 Å². The summed E-state index contributed by atoms with van der Waals surface area (Å²) < 4.78 is 2.38. The highest BCUT2D eigenvalue weighted by Gasteiger charge is 2.10. The molecule has 98 valence electrons. The Bertz CT molecular complexity index is 1130. The Morgan fingerprint density at radius 3 is 1.86 bits per heavy atom. The quantitative estimate of drug-likeness (QED) is 0.331. The van der Waals surface area contributed by atoms with Crippen molar-refractivity contribution in [3.05, 3.63) is 78.9 Å². The van der Waals surface area contributed by atoms with Crippen LogP contribution in [0.3, 0.4) is 0 Å². The van der Waals surface area contributed by atoms with Gasteiger partial charge in [0.15, 0.2) is 0 Å². The van der Waals surface area contributed by atoms with Crippen LogP contribution in [0.4, 0.5) is 0 Å². The average molecular weight is 267 g/mol. The van der Waals surface area contributed by atoms with Crippen LogP contribution < -0.4 is 0 Å². The number of hydrogen-bond donors (Lipinski definition) is 0. The largest absolute Gasteiger partial charge is 0.309 e. The second-order valence-corrected chi connectivity index (χ2v) is 5.49. The predicted molar refractivity (Wildman–Crippen MR) is 89.9 cm³/mol. The van der Waals surface area contributed by atoms with Crippen LogP contribution in [0.1, 0.15) is 0 Å². The summed E-state index contributed by atoms with van der Waals surface area (Å²) in [5.74, 6) is 0. The number of nitrogens with zero attached hydrogens (tertiary/aromatic N) is 1. The van der Waals surface area contributed by atoms with E-state index in [1.54, 1.807) is 0 Å². The van der Waals surface area contributed by atoms with E-state index in [-0.39, 0.29) is 0 Å². The van der Waals surface area contributed by atoms with Gasteiger partial charge >= 0.3 is 0 Å². The van der Waals surface area contributed by atoms with Gasteiger partial charge in [-0.2, -0.15) is 0 Å². The molecule has 0 fully saturated rings. The molecule has 0 amide bonds. The standard InChI is InChI=1S/C20H13N/c1-5-11-18-14(7-1)13-20-17-10-3-2-8-15(17)16-9-4-6-12-19(16)21(18)20/h1-13H. The fraction of sp³-hybridized carbons (Fsp3) is 0. The number of rotatable bonds is 0. The van der Waals surface area contributed by atoms with Gasteiger partial charge in [0.2, 0.25) is 0 Å². The van der Waals surface area contributed by atoms with Crippen LogP contribution in [0, 0.1) is 0 Å². The smallest absolute Gasteiger partial charge is 0.0547 e. The van der Waals surface area contributed by atoms with Gasteiger partial charge in [0.1, 0.15) is 0 Å². The lowest BCUT2D eigenvalue weighted by atomic mass is 10.1. The maximum absolute atomic E-state index is 2.38. The zero-order valence-corrected chi connectivity index (χ0v) is 11.5. The minimum Gasteiger partial charge on any atom is -0.309 e. The van der Waals surface area contributed by atoms with Gasteiger partial charge in [0.05, 0.1) is 16.6 Å². The number of hydrogen-bond acceptors (Lipinski definition) is 0. The molecule has 0 unspecified atom stereocenters. The summed E-state index contributed by atoms with van der Waals surface area (Å²) in [4.78, 5) is 0. The third-order valence-electron chi connectivity index (χ3n) is 4.35. The Morgan fingerprint density at radius 2 is 1.05 bits per heavy atom. The minimum atomic E-state index is 1.27. The maximum atomic E-state index is 2.38. The third-order valence-corrected chi connectivity index (χ3v) is 4.35. The third kappa shape index (κ3) is 1.35. The monoisotopic (exact) mass is 267 g/mol. The van der Waals surface area contributed by atoms with Gasteiger partial charge < -0.3 is 4.40 Å². The summed E-state index contributed by atoms with van der Waals surface area (Å²) in [5.41, 5.74) is 3.83. The molecule has 0 radical (unpaired) electrons. The van der Waals surface area contributed by atoms with Crippen molar-refractivity contribution in [2.45, 2.75) is 0 Å². The van der Waals surface area contributed by atoms with Crippen molar-refractivity contribution in [1.82, 2.24) is 4.40 Å². The van der Waals surface area contributed by atoms with Gasteiger partial charge in [0.25, 0.3) is 0 Å². The number of para-hydroxylation sites is 2. The zero-order chi connectivity index (χ0) is 13.8. The highest BCUT2D eigenvalue weighted by atomic mass is 14.9. The van der Waals surface area contributed by atoms with Crippen molar-refractivity contribution < 1.29 is 0 Å². The molecular weight excluding hydrogens is 254 g/mol. The summed E-state index contributed by atoms with van der Waals surface area (Å²) in [6.45, 7) is 0. The predicted octanol–water partition coefficient (Wildman–Crippen LogP) is 5.40. The first-order valence-electron chi connectivity index (χ1n) is 7.23. The van der Waals surface area contributed by atoms with Crippen LogP contribution >= 0.6 is 0 Å². The molecule has 0 N–H and O–H groups in total. The van der Waals surface area contributed by atoms with E-state index in [2.05, 4.69) is 83.3 Å². The van der Waals surface area contributed by atoms with Gasteiger partial charge in [-0.1, -0.05) is 60.7 Å². The van der Waals surface area contributed by atoms with Gasteiger partial charge in [-0.15, -0.1) is 0 Å². The van der Waals surface area contributed by atoms with Gasteiger partial charge in [-0.25, -0.2) is 0 Å². The molecule has 0 bridgehead atoms. The summed E-state index contributed by atoms with van der Waals surface area (Å²) in [6.07, 6.45) is 0. The van der Waals surface area contributed by atoms with Crippen LogP contribution in [0.2, 0.25) is 0 Å². The molecule has 0 spiro atoms. The molecule has 3 aromatic carbocycles. The molecule has 0 saturated carbocycles. The highest BCUT2D eigenvalue weighted by molar-refractivity contribution is 6.15. The van der Waals surface area contributed by atoms with Crippen LogP contribution in [-0.2, 0) is 0 Å². The lowest BCUT2D eigenvalue weighted by Crippen LogP contribution is -1.90. The van der Waals surface area contributed by atoms with Crippen molar-refractivity contribution >= 4 is 38.1 Å². The molecule has 1 nitrogen and oxygen atoms in total. The van der Waals surface area contributed by atoms with Crippen molar-refractivity contribution in [3.8, 4) is 0 Å². The van der Waals surface area contributed by atoms with Crippen LogP contribution in [-0.4, -0.2) is 4.40 Å². The Balaban J connectivity index is 2.25. The van der Waals surface area contributed by atoms with E-state index in [9.17, 15) is 0 Å². The Kier molecular flexibility index (Phi) is 2.01. The first kappa shape index (κ1) is 10.9. The van der Waals surface area contributed by atoms with E-state index >= 15 is 0 Å². The molecule has 5 rings (SSSR count). The number of benzene rings is 3. The minimum absolute atomic E-state index is 1.27. The Hall–Kier alpha value is -2.80. The number of pyridine rings is 1. The Morgan fingerprint density at radius 1 is 0.476 bits per heavy atom. The molecule has 0 aliphatic rings. The van der Waals surface area contributed by atoms with Gasteiger partial charge in [0, 0.05) is 16.2 Å². The number of fused-ring (bicyclic) bond motifs is 8. The molecule has 0 aliphatic carbocycles. The summed E-state index contributed by atoms with van der Waals surface area (Å²) in [6, 6.07) is 28.2. The molecule has 5 aromatic rings. The summed E-state index contributed by atoms with van der Waals surface area (Å²) in [7, 11) is 0. The SMILES string of the molecule is c1ccc2c(c1)cc1c3ccccc3c3ccccc3n21. The molecule has 2 aromatic heterocycles. The Labute approximate surface area is 122 Å². The summed E-state index contributed by atoms with van der Waals surface area (Å²) in [5, 5.41) is 5.23. The van der Waals surface area contributed by atoms with E-state index in [1.165, 1.54) is 38.1 Å². The summed E-state index contributed by atoms with van der Waals surface area (Å²) >= 11 is 0. The van der Waals surface area contributed by atoms with Gasteiger partial charge in [-0.3, -0.25) is 0 Å². The van der Waals surface area contributed by atoms with Crippen molar-refractivity contribution in [2.24, 2.45) is 0 Å². The molecular formula is C20H13N. The average Bonchev–Trinajstić information content (AvgIpc) is 2.95. The zero-order valence-electron chi connectivity index (χ0n) is 11.5. The normalized spacial score (nSPS) is 11.8. The molecule has 21 heavy (non-hydrogen) atoms. The maximum Gasteiger partial charge on any atom is 0.0547 e. The molecule has 0 aliphatic heterocycles. The fourth-order valence-corrected chi connectivity index (χ4v) is 3.45. The lowest BCUT2D eigenvalue weighted by Gasteiger charge is -2.09.